The highest BCUT2D eigenvalue weighted by molar-refractivity contribution is 5.96. The van der Waals surface area contributed by atoms with Crippen molar-refractivity contribution in [3.8, 4) is 5.88 Å². The highest BCUT2D eigenvalue weighted by Gasteiger charge is 2.21. The van der Waals surface area contributed by atoms with E-state index in [1.54, 1.807) is 0 Å². The van der Waals surface area contributed by atoms with Crippen molar-refractivity contribution in [2.24, 2.45) is 5.73 Å². The number of pyridine rings is 1. The van der Waals surface area contributed by atoms with Crippen LogP contribution in [0.4, 0.5) is 0 Å². The predicted molar refractivity (Wildman–Crippen MR) is 68.1 cm³/mol. The Balaban J connectivity index is 2.69. The van der Waals surface area contributed by atoms with Gasteiger partial charge in [-0.3, -0.25) is 9.59 Å². The largest absolute Gasteiger partial charge is 0.481 e. The van der Waals surface area contributed by atoms with Gasteiger partial charge in [0.25, 0.3) is 5.91 Å². The summed E-state index contributed by atoms with van der Waals surface area (Å²) in [4.78, 5) is 37.3. The Bertz CT molecular complexity index is 500. The molecule has 0 fully saturated rings. The normalized spacial score (nSPS) is 11.4. The lowest BCUT2D eigenvalue weighted by Gasteiger charge is -2.13. The zero-order valence-corrected chi connectivity index (χ0v) is 10.8. The quantitative estimate of drug-likeness (QED) is 0.619. The molecule has 0 spiro atoms. The van der Waals surface area contributed by atoms with Crippen LogP contribution in [0.1, 0.15) is 23.2 Å². The summed E-state index contributed by atoms with van der Waals surface area (Å²) in [5.74, 6) is -2.13. The number of rotatable bonds is 7. The number of carbonyl (C=O) groups excluding carboxylic acids is 2. The maximum absolute atomic E-state index is 11.8. The molecule has 0 bridgehead atoms. The van der Waals surface area contributed by atoms with Gasteiger partial charge in [-0.15, -0.1) is 0 Å². The summed E-state index contributed by atoms with van der Waals surface area (Å²) in [5, 5.41) is 11.3. The summed E-state index contributed by atoms with van der Waals surface area (Å²) >= 11 is 0. The number of carboxylic acids is 1. The summed E-state index contributed by atoms with van der Waals surface area (Å²) < 4.78 is 4.84. The minimum absolute atomic E-state index is 0.0695. The second-order valence-electron chi connectivity index (χ2n) is 3.96. The van der Waals surface area contributed by atoms with Crippen LogP contribution in [0.25, 0.3) is 0 Å². The van der Waals surface area contributed by atoms with Gasteiger partial charge in [0.05, 0.1) is 12.7 Å². The van der Waals surface area contributed by atoms with Crippen LogP contribution >= 0.6 is 0 Å². The number of carboxylic acid groups (broad SMARTS) is 1. The van der Waals surface area contributed by atoms with Crippen LogP contribution in [-0.2, 0) is 9.59 Å². The predicted octanol–water partition coefficient (Wildman–Crippen LogP) is -0.461. The van der Waals surface area contributed by atoms with Crippen molar-refractivity contribution in [2.45, 2.75) is 18.9 Å². The molecule has 0 radical (unpaired) electrons. The number of nitrogens with one attached hydrogen (secondary N) is 1. The van der Waals surface area contributed by atoms with E-state index in [-0.39, 0.29) is 18.4 Å². The number of carbonyl (C=O) groups is 3. The summed E-state index contributed by atoms with van der Waals surface area (Å²) in [6.45, 7) is 0. The van der Waals surface area contributed by atoms with Crippen LogP contribution in [0.5, 0.6) is 5.88 Å². The zero-order valence-electron chi connectivity index (χ0n) is 10.8. The van der Waals surface area contributed by atoms with E-state index in [1.807, 2.05) is 0 Å². The third-order valence-electron chi connectivity index (χ3n) is 2.49. The molecule has 1 rings (SSSR count). The fourth-order valence-electron chi connectivity index (χ4n) is 1.42. The topological polar surface area (TPSA) is 132 Å². The molecule has 1 aromatic rings. The van der Waals surface area contributed by atoms with Gasteiger partial charge in [0.15, 0.2) is 0 Å². The van der Waals surface area contributed by atoms with E-state index in [9.17, 15) is 14.4 Å². The van der Waals surface area contributed by atoms with E-state index in [0.717, 1.165) is 0 Å². The molecule has 0 aromatic carbocycles. The lowest BCUT2D eigenvalue weighted by Crippen LogP contribution is -2.41. The fraction of sp³-hybridized carbons (Fsp3) is 0.333. The monoisotopic (exact) mass is 281 g/mol. The van der Waals surface area contributed by atoms with Crippen LogP contribution in [0.15, 0.2) is 18.3 Å². The number of methoxy groups -OCH3 is 1. The van der Waals surface area contributed by atoms with Crippen molar-refractivity contribution in [3.05, 3.63) is 23.9 Å². The number of primary amides is 1. The Morgan fingerprint density at radius 1 is 1.45 bits per heavy atom. The number of nitrogens with two attached hydrogens (primary N) is 1. The van der Waals surface area contributed by atoms with Crippen LogP contribution < -0.4 is 15.8 Å². The Morgan fingerprint density at radius 2 is 2.15 bits per heavy atom. The van der Waals surface area contributed by atoms with Gasteiger partial charge in [-0.25, -0.2) is 9.78 Å². The van der Waals surface area contributed by atoms with Crippen molar-refractivity contribution in [3.63, 3.8) is 0 Å². The molecule has 1 aromatic heterocycles. The first-order valence-electron chi connectivity index (χ1n) is 5.76. The first-order chi connectivity index (χ1) is 9.43. The molecular formula is C12H15N3O5. The van der Waals surface area contributed by atoms with Crippen LogP contribution in [0.3, 0.4) is 0 Å². The lowest BCUT2D eigenvalue weighted by molar-refractivity contribution is -0.139. The maximum atomic E-state index is 11.8. The Hall–Kier alpha value is -2.64. The van der Waals surface area contributed by atoms with E-state index in [2.05, 4.69) is 10.3 Å². The van der Waals surface area contributed by atoms with Crippen molar-refractivity contribution in [1.29, 1.82) is 0 Å². The molecule has 1 unspecified atom stereocenters. The van der Waals surface area contributed by atoms with Crippen LogP contribution in [-0.4, -0.2) is 41.0 Å². The van der Waals surface area contributed by atoms with E-state index in [1.165, 1.54) is 25.4 Å². The molecule has 8 heteroatoms. The van der Waals surface area contributed by atoms with Crippen molar-refractivity contribution >= 4 is 17.8 Å². The molecule has 0 saturated heterocycles. The SMILES string of the molecule is COc1ccc(C(=O)NC(CCC(N)=O)C(=O)O)cn1. The standard InChI is InChI=1S/C12H15N3O5/c1-20-10-5-2-7(6-14-10)11(17)15-8(12(18)19)3-4-9(13)16/h2,5-6,8H,3-4H2,1H3,(H2,13,16)(H,15,17)(H,18,19). The molecule has 0 aliphatic heterocycles. The number of aromatic nitrogens is 1. The Morgan fingerprint density at radius 3 is 2.60 bits per heavy atom. The second-order valence-corrected chi connectivity index (χ2v) is 3.96. The van der Waals surface area contributed by atoms with Gasteiger partial charge in [0.2, 0.25) is 11.8 Å². The minimum atomic E-state index is -1.24. The molecule has 108 valence electrons. The lowest BCUT2D eigenvalue weighted by atomic mass is 10.1. The van der Waals surface area contributed by atoms with Crippen LogP contribution in [0, 0.1) is 0 Å². The molecule has 20 heavy (non-hydrogen) atoms. The average molecular weight is 281 g/mol. The van der Waals surface area contributed by atoms with E-state index in [0.29, 0.717) is 5.88 Å². The number of hydrogen-bond donors (Lipinski definition) is 3. The third kappa shape index (κ3) is 4.56. The van der Waals surface area contributed by atoms with Gasteiger partial charge in [0, 0.05) is 18.7 Å². The van der Waals surface area contributed by atoms with Crippen molar-refractivity contribution < 1.29 is 24.2 Å². The molecule has 4 N–H and O–H groups in total. The number of hydrogen-bond acceptors (Lipinski definition) is 5. The van der Waals surface area contributed by atoms with Gasteiger partial charge in [-0.1, -0.05) is 0 Å². The molecule has 1 atom stereocenters. The van der Waals surface area contributed by atoms with E-state index < -0.39 is 23.8 Å². The highest BCUT2D eigenvalue weighted by atomic mass is 16.5. The van der Waals surface area contributed by atoms with Gasteiger partial charge >= 0.3 is 5.97 Å². The van der Waals surface area contributed by atoms with Gasteiger partial charge in [0.1, 0.15) is 6.04 Å². The number of nitrogens with zero attached hydrogens (tertiary/aromatic N) is 1. The fourth-order valence-corrected chi connectivity index (χ4v) is 1.42. The van der Waals surface area contributed by atoms with Gasteiger partial charge in [-0.05, 0) is 12.5 Å². The number of amides is 2. The van der Waals surface area contributed by atoms with Gasteiger partial charge in [-0.2, -0.15) is 0 Å². The smallest absolute Gasteiger partial charge is 0.326 e. The second kappa shape index (κ2) is 7.07. The first-order valence-corrected chi connectivity index (χ1v) is 5.76. The van der Waals surface area contributed by atoms with Gasteiger partial charge < -0.3 is 20.9 Å². The molecule has 1 heterocycles. The van der Waals surface area contributed by atoms with Crippen LogP contribution in [0.2, 0.25) is 0 Å². The van der Waals surface area contributed by atoms with Crippen molar-refractivity contribution in [1.82, 2.24) is 10.3 Å². The summed E-state index contributed by atoms with van der Waals surface area (Å²) in [5.41, 5.74) is 5.14. The highest BCUT2D eigenvalue weighted by Crippen LogP contribution is 2.07. The summed E-state index contributed by atoms with van der Waals surface area (Å²) in [6, 6.07) is 1.75. The summed E-state index contributed by atoms with van der Waals surface area (Å²) in [7, 11) is 1.44. The molecular weight excluding hydrogens is 266 g/mol. The minimum Gasteiger partial charge on any atom is -0.481 e. The molecule has 2 amide bonds. The molecule has 8 nitrogen and oxygen atoms in total. The third-order valence-corrected chi connectivity index (χ3v) is 2.49. The molecule has 0 aliphatic rings. The molecule has 0 saturated carbocycles. The van der Waals surface area contributed by atoms with E-state index >= 15 is 0 Å². The number of ether oxygens (including phenoxy) is 1. The number of aliphatic carboxylic acids is 1. The average Bonchev–Trinajstić information content (AvgIpc) is 2.42. The van der Waals surface area contributed by atoms with E-state index in [4.69, 9.17) is 15.6 Å². The first kappa shape index (κ1) is 15.4. The van der Waals surface area contributed by atoms with Crippen molar-refractivity contribution in [2.75, 3.05) is 7.11 Å². The zero-order chi connectivity index (χ0) is 15.1. The summed E-state index contributed by atoms with van der Waals surface area (Å²) in [6.07, 6.45) is 1.07. The Labute approximate surface area is 114 Å². The molecule has 0 aliphatic carbocycles. The Kier molecular flexibility index (Phi) is 5.45. The maximum Gasteiger partial charge on any atom is 0.326 e.